The van der Waals surface area contributed by atoms with E-state index in [0.29, 0.717) is 5.75 Å². The zero-order valence-electron chi connectivity index (χ0n) is 14.7. The number of amides is 1. The van der Waals surface area contributed by atoms with Crippen LogP contribution < -0.4 is 4.90 Å². The number of fused-ring (bicyclic) bond motifs is 1. The fraction of sp³-hybridized carbons (Fsp3) is 0.316. The molecule has 0 unspecified atom stereocenters. The monoisotopic (exact) mass is 418 g/mol. The lowest BCUT2D eigenvalue weighted by Crippen LogP contribution is -2.49. The molecule has 0 aliphatic carbocycles. The second-order valence-electron chi connectivity index (χ2n) is 6.32. The second kappa shape index (κ2) is 8.46. The van der Waals surface area contributed by atoms with E-state index in [1.54, 1.807) is 29.4 Å². The van der Waals surface area contributed by atoms with Crippen LogP contribution in [0.2, 0.25) is 5.02 Å². The van der Waals surface area contributed by atoms with Crippen LogP contribution >= 0.6 is 34.7 Å². The molecule has 0 spiro atoms. The van der Waals surface area contributed by atoms with Crippen LogP contribution in [0.3, 0.4) is 0 Å². The van der Waals surface area contributed by atoms with Crippen molar-refractivity contribution in [3.8, 4) is 0 Å². The van der Waals surface area contributed by atoms with Gasteiger partial charge in [0.05, 0.1) is 11.1 Å². The Bertz CT molecular complexity index is 923. The fourth-order valence-electron chi connectivity index (χ4n) is 3.12. The molecule has 1 saturated heterocycles. The highest BCUT2D eigenvalue weighted by Crippen LogP contribution is 2.27. The van der Waals surface area contributed by atoms with Gasteiger partial charge in [0.1, 0.15) is 17.0 Å². The molecule has 0 saturated carbocycles. The number of piperazine rings is 1. The number of carbonyl (C=O) groups is 1. The van der Waals surface area contributed by atoms with Crippen LogP contribution in [0.25, 0.3) is 10.2 Å². The van der Waals surface area contributed by atoms with Crippen molar-refractivity contribution in [2.45, 2.75) is 5.75 Å². The van der Waals surface area contributed by atoms with Crippen molar-refractivity contribution in [1.82, 2.24) is 14.9 Å². The summed E-state index contributed by atoms with van der Waals surface area (Å²) in [4.78, 5) is 26.5. The van der Waals surface area contributed by atoms with E-state index in [-0.39, 0.29) is 5.91 Å². The lowest BCUT2D eigenvalue weighted by molar-refractivity contribution is -0.128. The predicted molar refractivity (Wildman–Crippen MR) is 114 cm³/mol. The van der Waals surface area contributed by atoms with Gasteiger partial charge in [-0.25, -0.2) is 9.97 Å². The maximum absolute atomic E-state index is 12.5. The highest BCUT2D eigenvalue weighted by Gasteiger charge is 2.23. The number of hydrogen-bond donors (Lipinski definition) is 0. The summed E-state index contributed by atoms with van der Waals surface area (Å²) in [5.74, 6) is 2.51. The maximum Gasteiger partial charge on any atom is 0.232 e. The molecule has 3 aromatic rings. The molecular formula is C19H19ClN4OS2. The van der Waals surface area contributed by atoms with Crippen molar-refractivity contribution in [1.29, 1.82) is 0 Å². The Hall–Kier alpha value is -1.83. The van der Waals surface area contributed by atoms with Gasteiger partial charge in [-0.05, 0) is 29.1 Å². The zero-order valence-corrected chi connectivity index (χ0v) is 17.1. The van der Waals surface area contributed by atoms with Crippen molar-refractivity contribution >= 4 is 56.6 Å². The number of nitrogens with zero attached hydrogens (tertiary/aromatic N) is 4. The Balaban J connectivity index is 1.28. The van der Waals surface area contributed by atoms with Crippen molar-refractivity contribution in [3.63, 3.8) is 0 Å². The third-order valence-electron chi connectivity index (χ3n) is 4.58. The van der Waals surface area contributed by atoms with E-state index < -0.39 is 0 Å². The van der Waals surface area contributed by atoms with E-state index in [9.17, 15) is 4.79 Å². The number of thiophene rings is 1. The Morgan fingerprint density at radius 1 is 1.11 bits per heavy atom. The minimum Gasteiger partial charge on any atom is -0.352 e. The van der Waals surface area contributed by atoms with Crippen LogP contribution in [0.1, 0.15) is 5.56 Å². The summed E-state index contributed by atoms with van der Waals surface area (Å²) in [5, 5.41) is 3.88. The number of halogens is 1. The van der Waals surface area contributed by atoms with Gasteiger partial charge < -0.3 is 9.80 Å². The predicted octanol–water partition coefficient (Wildman–Crippen LogP) is 3.93. The number of rotatable bonds is 5. The molecule has 2 aromatic heterocycles. The molecule has 0 radical (unpaired) electrons. The zero-order chi connectivity index (χ0) is 18.6. The van der Waals surface area contributed by atoms with Gasteiger partial charge in [0.15, 0.2) is 0 Å². The summed E-state index contributed by atoms with van der Waals surface area (Å²) in [6.07, 6.45) is 1.62. The minimum absolute atomic E-state index is 0.206. The summed E-state index contributed by atoms with van der Waals surface area (Å²) in [6.45, 7) is 3.07. The van der Waals surface area contributed by atoms with Gasteiger partial charge in [0.2, 0.25) is 5.91 Å². The first kappa shape index (κ1) is 18.5. The molecule has 140 valence electrons. The molecule has 4 rings (SSSR count). The summed E-state index contributed by atoms with van der Waals surface area (Å²) < 4.78 is 0. The molecule has 5 nitrogen and oxygen atoms in total. The lowest BCUT2D eigenvalue weighted by Gasteiger charge is -2.35. The van der Waals surface area contributed by atoms with E-state index in [0.717, 1.165) is 53.0 Å². The normalized spacial score (nSPS) is 14.7. The molecule has 3 heterocycles. The number of anilines is 1. The third-order valence-corrected chi connectivity index (χ3v) is 6.64. The Kier molecular flexibility index (Phi) is 5.80. The van der Waals surface area contributed by atoms with Crippen LogP contribution in [-0.4, -0.2) is 52.7 Å². The van der Waals surface area contributed by atoms with Gasteiger partial charge in [0, 0.05) is 37.0 Å². The molecule has 1 aliphatic heterocycles. The summed E-state index contributed by atoms with van der Waals surface area (Å²) in [6, 6.07) is 9.85. The second-order valence-corrected chi connectivity index (χ2v) is 8.64. The van der Waals surface area contributed by atoms with E-state index in [4.69, 9.17) is 11.6 Å². The number of hydrogen-bond acceptors (Lipinski definition) is 6. The lowest BCUT2D eigenvalue weighted by atomic mass is 10.2. The molecular weight excluding hydrogens is 400 g/mol. The molecule has 1 aliphatic rings. The number of carbonyl (C=O) groups excluding carboxylic acids is 1. The molecule has 1 aromatic carbocycles. The smallest absolute Gasteiger partial charge is 0.232 e. The van der Waals surface area contributed by atoms with Crippen molar-refractivity contribution < 1.29 is 4.79 Å². The largest absolute Gasteiger partial charge is 0.352 e. The molecule has 0 N–H and O–H groups in total. The van der Waals surface area contributed by atoms with Gasteiger partial charge in [-0.3, -0.25) is 4.79 Å². The summed E-state index contributed by atoms with van der Waals surface area (Å²) in [7, 11) is 0. The minimum atomic E-state index is 0.206. The van der Waals surface area contributed by atoms with E-state index in [1.165, 1.54) is 5.56 Å². The highest BCUT2D eigenvalue weighted by molar-refractivity contribution is 7.99. The SMILES string of the molecule is O=C(CSCc1ccc(Cl)cc1)N1CCN(c2ncnc3sccc23)CC1. The quantitative estimate of drug-likeness (QED) is 0.628. The summed E-state index contributed by atoms with van der Waals surface area (Å²) in [5.41, 5.74) is 1.19. The van der Waals surface area contributed by atoms with Crippen molar-refractivity contribution in [2.24, 2.45) is 0 Å². The summed E-state index contributed by atoms with van der Waals surface area (Å²) >= 11 is 9.17. The maximum atomic E-state index is 12.5. The highest BCUT2D eigenvalue weighted by atomic mass is 35.5. The number of benzene rings is 1. The van der Waals surface area contributed by atoms with Gasteiger partial charge >= 0.3 is 0 Å². The Morgan fingerprint density at radius 3 is 2.67 bits per heavy atom. The van der Waals surface area contributed by atoms with E-state index in [2.05, 4.69) is 20.9 Å². The van der Waals surface area contributed by atoms with Crippen molar-refractivity contribution in [3.05, 3.63) is 52.6 Å². The van der Waals surface area contributed by atoms with Crippen LogP contribution in [0.15, 0.2) is 42.0 Å². The molecule has 1 amide bonds. The first-order valence-electron chi connectivity index (χ1n) is 8.74. The molecule has 1 fully saturated rings. The van der Waals surface area contributed by atoms with Crippen molar-refractivity contribution in [2.75, 3.05) is 36.8 Å². The third kappa shape index (κ3) is 4.36. The van der Waals surface area contributed by atoms with Gasteiger partial charge in [-0.1, -0.05) is 23.7 Å². The number of thioether (sulfide) groups is 1. The topological polar surface area (TPSA) is 49.3 Å². The Labute approximate surface area is 171 Å². The van der Waals surface area contributed by atoms with E-state index >= 15 is 0 Å². The average molecular weight is 419 g/mol. The molecule has 0 atom stereocenters. The van der Waals surface area contributed by atoms with E-state index in [1.807, 2.05) is 34.5 Å². The molecule has 27 heavy (non-hydrogen) atoms. The van der Waals surface area contributed by atoms with Crippen LogP contribution in [0.5, 0.6) is 0 Å². The number of aromatic nitrogens is 2. The molecule has 0 bridgehead atoms. The molecule has 8 heteroatoms. The fourth-order valence-corrected chi connectivity index (χ4v) is 4.87. The van der Waals surface area contributed by atoms with Gasteiger partial charge in [-0.2, -0.15) is 0 Å². The first-order chi connectivity index (χ1) is 13.2. The standard InChI is InChI=1S/C19H19ClN4OS2/c20-15-3-1-14(2-4-15)11-26-12-17(25)23-6-8-24(9-7-23)18-16-5-10-27-19(16)22-13-21-18/h1-5,10,13H,6-9,11-12H2. The Morgan fingerprint density at radius 2 is 1.89 bits per heavy atom. The van der Waals surface area contributed by atoms with Gasteiger partial charge in [0.25, 0.3) is 0 Å². The van der Waals surface area contributed by atoms with Crippen LogP contribution in [0, 0.1) is 0 Å². The van der Waals surface area contributed by atoms with Crippen LogP contribution in [-0.2, 0) is 10.5 Å². The average Bonchev–Trinajstić information content (AvgIpc) is 3.18. The first-order valence-corrected chi connectivity index (χ1v) is 11.1. The van der Waals surface area contributed by atoms with Crippen LogP contribution in [0.4, 0.5) is 5.82 Å². The van der Waals surface area contributed by atoms with Gasteiger partial charge in [-0.15, -0.1) is 23.1 Å².